The molecule has 0 radical (unpaired) electrons. The minimum atomic E-state index is -0.482. The molecule has 2 N–H and O–H groups in total. The maximum atomic E-state index is 11.0. The van der Waals surface area contributed by atoms with Crippen LogP contribution in [-0.2, 0) is 6.54 Å². The molecule has 1 aliphatic rings. The number of pyridine rings is 1. The van der Waals surface area contributed by atoms with Crippen LogP contribution in [0.5, 0.6) is 0 Å². The lowest BCUT2D eigenvalue weighted by atomic mass is 9.88. The average molecular weight is 442 g/mol. The van der Waals surface area contributed by atoms with Crippen LogP contribution in [0.2, 0.25) is 0 Å². The third-order valence-electron chi connectivity index (χ3n) is 5.42. The van der Waals surface area contributed by atoms with Crippen LogP contribution in [0.25, 0.3) is 22.8 Å². The minimum Gasteiger partial charge on any atom is -0.383 e. The average Bonchev–Trinajstić information content (AvgIpc) is 2.79. The van der Waals surface area contributed by atoms with Crippen LogP contribution < -0.4 is 5.73 Å². The molecule has 2 heterocycles. The molecule has 0 fully saturated rings. The maximum absolute atomic E-state index is 11.0. The van der Waals surface area contributed by atoms with E-state index in [0.717, 1.165) is 16.7 Å². The summed E-state index contributed by atoms with van der Waals surface area (Å²) in [5.74, 6) is 0.0729. The topological polar surface area (TPSA) is 152 Å². The van der Waals surface area contributed by atoms with E-state index in [2.05, 4.69) is 11.1 Å². The van der Waals surface area contributed by atoms with Crippen LogP contribution in [0.3, 0.4) is 0 Å². The number of benzene rings is 2. The van der Waals surface area contributed by atoms with Gasteiger partial charge in [-0.1, -0.05) is 0 Å². The van der Waals surface area contributed by atoms with Crippen LogP contribution in [0, 0.1) is 31.6 Å². The molecule has 0 amide bonds. The van der Waals surface area contributed by atoms with Crippen LogP contribution in [-0.4, -0.2) is 33.3 Å². The van der Waals surface area contributed by atoms with Crippen molar-refractivity contribution in [1.82, 2.24) is 9.88 Å². The molecule has 0 saturated carbocycles. The van der Waals surface area contributed by atoms with Crippen LogP contribution >= 0.6 is 0 Å². The lowest BCUT2D eigenvalue weighted by Gasteiger charge is -2.29. The van der Waals surface area contributed by atoms with Gasteiger partial charge in [0.1, 0.15) is 17.5 Å². The molecule has 10 nitrogen and oxygen atoms in total. The van der Waals surface area contributed by atoms with Gasteiger partial charge in [0.05, 0.1) is 15.5 Å². The van der Waals surface area contributed by atoms with E-state index in [0.29, 0.717) is 29.9 Å². The van der Waals surface area contributed by atoms with Gasteiger partial charge < -0.3 is 5.73 Å². The number of anilines is 1. The van der Waals surface area contributed by atoms with Crippen molar-refractivity contribution in [3.8, 4) is 17.2 Å². The van der Waals surface area contributed by atoms with Crippen molar-refractivity contribution in [1.29, 1.82) is 5.26 Å². The molecule has 1 aromatic heterocycles. The molecular formula is C23H18N6O4. The Morgan fingerprint density at radius 1 is 1.03 bits per heavy atom. The number of likely N-dealkylation sites (N-methyl/N-ethyl adjacent to an activating group) is 1. The summed E-state index contributed by atoms with van der Waals surface area (Å²) >= 11 is 0. The summed E-state index contributed by atoms with van der Waals surface area (Å²) in [6.45, 7) is 1.06. The van der Waals surface area contributed by atoms with E-state index < -0.39 is 9.85 Å². The van der Waals surface area contributed by atoms with Gasteiger partial charge in [0.2, 0.25) is 0 Å². The van der Waals surface area contributed by atoms with Crippen molar-refractivity contribution in [2.24, 2.45) is 0 Å². The first-order valence-electron chi connectivity index (χ1n) is 9.89. The number of aromatic nitrogens is 1. The second-order valence-corrected chi connectivity index (χ2v) is 7.68. The number of fused-ring (bicyclic) bond motifs is 1. The second-order valence-electron chi connectivity index (χ2n) is 7.68. The molecule has 164 valence electrons. The largest absolute Gasteiger partial charge is 0.383 e. The normalized spacial score (nSPS) is 14.5. The highest BCUT2D eigenvalue weighted by molar-refractivity contribution is 5.89. The monoisotopic (exact) mass is 442 g/mol. The summed E-state index contributed by atoms with van der Waals surface area (Å²) in [5.41, 5.74) is 10.6. The minimum absolute atomic E-state index is 0.000184. The van der Waals surface area contributed by atoms with Crippen LogP contribution in [0.15, 0.2) is 48.5 Å². The number of nitro groups is 2. The summed E-state index contributed by atoms with van der Waals surface area (Å²) in [7, 11) is 1.93. The van der Waals surface area contributed by atoms with Gasteiger partial charge in [0.15, 0.2) is 0 Å². The summed E-state index contributed by atoms with van der Waals surface area (Å²) < 4.78 is 0. The number of nitro benzene ring substituents is 2. The molecule has 2 aromatic carbocycles. The Kier molecular flexibility index (Phi) is 5.56. The molecular weight excluding hydrogens is 424 g/mol. The fraction of sp³-hybridized carbons (Fsp3) is 0.130. The zero-order chi connectivity index (χ0) is 23.7. The van der Waals surface area contributed by atoms with Crippen molar-refractivity contribution >= 4 is 28.8 Å². The highest BCUT2D eigenvalue weighted by atomic mass is 16.6. The second kappa shape index (κ2) is 8.49. The Balaban J connectivity index is 1.89. The number of hydrogen-bond donors (Lipinski definition) is 1. The molecule has 0 spiro atoms. The fourth-order valence-corrected chi connectivity index (χ4v) is 3.94. The summed E-state index contributed by atoms with van der Waals surface area (Å²) in [6.07, 6.45) is 1.89. The first kappa shape index (κ1) is 21.6. The van der Waals surface area contributed by atoms with E-state index in [1.165, 1.54) is 24.3 Å². The predicted molar refractivity (Wildman–Crippen MR) is 123 cm³/mol. The molecule has 0 atom stereocenters. The Hall–Kier alpha value is -4.62. The van der Waals surface area contributed by atoms with E-state index in [1.54, 1.807) is 24.3 Å². The number of rotatable bonds is 4. The number of nitriles is 1. The number of nitrogens with two attached hydrogens (primary N) is 1. The molecule has 10 heteroatoms. The van der Waals surface area contributed by atoms with Crippen molar-refractivity contribution in [2.45, 2.75) is 6.54 Å². The van der Waals surface area contributed by atoms with Crippen molar-refractivity contribution in [2.75, 3.05) is 19.3 Å². The van der Waals surface area contributed by atoms with E-state index in [-0.39, 0.29) is 22.8 Å². The summed E-state index contributed by atoms with van der Waals surface area (Å²) in [5, 5.41) is 31.8. The summed E-state index contributed by atoms with van der Waals surface area (Å²) in [4.78, 5) is 27.6. The van der Waals surface area contributed by atoms with Gasteiger partial charge in [-0.05, 0) is 54.1 Å². The van der Waals surface area contributed by atoms with Gasteiger partial charge in [-0.25, -0.2) is 4.98 Å². The first-order valence-corrected chi connectivity index (χ1v) is 9.89. The van der Waals surface area contributed by atoms with E-state index in [1.807, 2.05) is 18.0 Å². The number of non-ortho nitro benzene ring substituents is 2. The van der Waals surface area contributed by atoms with Gasteiger partial charge >= 0.3 is 0 Å². The van der Waals surface area contributed by atoms with E-state index >= 15 is 0 Å². The van der Waals surface area contributed by atoms with Gasteiger partial charge in [-0.2, -0.15) is 5.26 Å². The Labute approximate surface area is 188 Å². The zero-order valence-corrected chi connectivity index (χ0v) is 17.6. The van der Waals surface area contributed by atoms with Crippen molar-refractivity contribution in [3.63, 3.8) is 0 Å². The molecule has 0 saturated heterocycles. The van der Waals surface area contributed by atoms with Gasteiger partial charge in [0, 0.05) is 48.5 Å². The smallest absolute Gasteiger partial charge is 0.269 e. The molecule has 1 aliphatic heterocycles. The van der Waals surface area contributed by atoms with E-state index in [4.69, 9.17) is 5.73 Å². The third-order valence-corrected chi connectivity index (χ3v) is 5.42. The van der Waals surface area contributed by atoms with E-state index in [9.17, 15) is 25.5 Å². The highest BCUT2D eigenvalue weighted by Crippen LogP contribution is 2.39. The Morgan fingerprint density at radius 2 is 1.61 bits per heavy atom. The highest BCUT2D eigenvalue weighted by Gasteiger charge is 2.27. The van der Waals surface area contributed by atoms with Gasteiger partial charge in [-0.15, -0.1) is 0 Å². The molecule has 0 aliphatic carbocycles. The van der Waals surface area contributed by atoms with Gasteiger partial charge in [0.25, 0.3) is 11.4 Å². The number of hydrogen-bond acceptors (Lipinski definition) is 8. The Bertz CT molecular complexity index is 1340. The molecule has 33 heavy (non-hydrogen) atoms. The first-order chi connectivity index (χ1) is 15.8. The van der Waals surface area contributed by atoms with Crippen molar-refractivity contribution < 1.29 is 9.85 Å². The van der Waals surface area contributed by atoms with Crippen LogP contribution in [0.4, 0.5) is 17.2 Å². The van der Waals surface area contributed by atoms with Gasteiger partial charge in [-0.3, -0.25) is 25.1 Å². The molecule has 4 rings (SSSR count). The fourth-order valence-electron chi connectivity index (χ4n) is 3.94. The lowest BCUT2D eigenvalue weighted by molar-refractivity contribution is -0.385. The maximum Gasteiger partial charge on any atom is 0.269 e. The summed E-state index contributed by atoms with van der Waals surface area (Å²) in [6, 6.07) is 14.3. The standard InChI is InChI=1S/C23H18N6O4/c1-27-12-16(10-14-2-6-17(7-3-14)28(30)31)22-20(13-27)21(19(11-24)23(25)26-22)15-4-8-18(9-5-15)29(32)33/h2-10H,12-13H2,1H3,(H2,25,26)/b16-10+. The third kappa shape index (κ3) is 4.13. The lowest BCUT2D eigenvalue weighted by Crippen LogP contribution is -2.28. The van der Waals surface area contributed by atoms with Crippen LogP contribution in [0.1, 0.15) is 22.4 Å². The van der Waals surface area contributed by atoms with Crippen molar-refractivity contribution in [3.05, 3.63) is 91.1 Å². The zero-order valence-electron chi connectivity index (χ0n) is 17.6. The predicted octanol–water partition coefficient (Wildman–Crippen LogP) is 4.00. The molecule has 0 unspecified atom stereocenters. The molecule has 3 aromatic rings. The number of nitrogens with zero attached hydrogens (tertiary/aromatic N) is 5. The number of nitrogen functional groups attached to an aromatic ring is 1. The molecule has 0 bridgehead atoms. The SMILES string of the molecule is CN1C/C(=C\c2ccc([N+](=O)[O-])cc2)c2nc(N)c(C#N)c(-c3ccc([N+](=O)[O-])cc3)c2C1. The Morgan fingerprint density at radius 3 is 2.15 bits per heavy atom. The quantitative estimate of drug-likeness (QED) is 0.470.